The number of amides is 2. The maximum Gasteiger partial charge on any atom is 0.306 e. The summed E-state index contributed by atoms with van der Waals surface area (Å²) in [5.41, 5.74) is 0.834. The molecule has 0 heterocycles. The smallest absolute Gasteiger partial charge is 0.306 e. The van der Waals surface area contributed by atoms with Crippen LogP contribution in [-0.4, -0.2) is 91.0 Å². The lowest BCUT2D eigenvalue weighted by atomic mass is 10.1. The largest absolute Gasteiger partial charge is 0.462 e. The Hall–Kier alpha value is -3.96. The minimum atomic E-state index is -1.01. The summed E-state index contributed by atoms with van der Waals surface area (Å²) in [4.78, 5) is 80.7. The minimum Gasteiger partial charge on any atom is -0.462 e. The zero-order chi connectivity index (χ0) is 48.3. The van der Waals surface area contributed by atoms with E-state index in [1.165, 1.54) is 51.4 Å². The molecule has 1 aromatic rings. The van der Waals surface area contributed by atoms with Gasteiger partial charge in [0.25, 0.3) is 0 Å². The molecule has 1 aromatic carbocycles. The average molecular weight is 929 g/mol. The van der Waals surface area contributed by atoms with Crippen molar-refractivity contribution in [2.45, 2.75) is 233 Å². The summed E-state index contributed by atoms with van der Waals surface area (Å²) < 4.78 is 21.7. The first-order valence-electron chi connectivity index (χ1n) is 26.4. The minimum absolute atomic E-state index is 0.101. The van der Waals surface area contributed by atoms with E-state index < -0.39 is 30.0 Å². The van der Waals surface area contributed by atoms with E-state index in [1.807, 2.05) is 35.2 Å². The van der Waals surface area contributed by atoms with Gasteiger partial charge in [0.15, 0.2) is 6.10 Å². The number of ether oxygens (including phenoxy) is 4. The molecule has 0 saturated carbocycles. The van der Waals surface area contributed by atoms with Crippen LogP contribution in [0.5, 0.6) is 0 Å². The number of carbonyl (C=O) groups excluding carboxylic acids is 6. The van der Waals surface area contributed by atoms with Gasteiger partial charge in [0.05, 0.1) is 12.8 Å². The zero-order valence-electron chi connectivity index (χ0n) is 42.1. The van der Waals surface area contributed by atoms with Crippen molar-refractivity contribution in [3.05, 3.63) is 35.9 Å². The molecule has 0 radical (unpaired) electrons. The number of hydrogen-bond donors (Lipinski definition) is 0. The van der Waals surface area contributed by atoms with E-state index >= 15 is 0 Å². The monoisotopic (exact) mass is 929 g/mol. The third-order valence-corrected chi connectivity index (χ3v) is 11.8. The number of carbonyl (C=O) groups is 6. The molecule has 2 amide bonds. The van der Waals surface area contributed by atoms with Crippen LogP contribution in [0.1, 0.15) is 226 Å². The van der Waals surface area contributed by atoms with Gasteiger partial charge in [-0.05, 0) is 56.9 Å². The Morgan fingerprint density at radius 3 is 1.15 bits per heavy atom. The third-order valence-electron chi connectivity index (χ3n) is 11.8. The van der Waals surface area contributed by atoms with Gasteiger partial charge in [-0.25, -0.2) is 0 Å². The number of benzene rings is 1. The molecule has 1 rings (SSSR count). The summed E-state index contributed by atoms with van der Waals surface area (Å²) in [6.45, 7) is 11.6. The Labute approximate surface area is 400 Å². The lowest BCUT2D eigenvalue weighted by Crippen LogP contribution is -2.32. The van der Waals surface area contributed by atoms with Crippen molar-refractivity contribution in [3.63, 3.8) is 0 Å². The normalized spacial score (nSPS) is 11.5. The van der Waals surface area contributed by atoms with Gasteiger partial charge in [-0.3, -0.25) is 28.8 Å². The van der Waals surface area contributed by atoms with Gasteiger partial charge >= 0.3 is 23.9 Å². The average Bonchev–Trinajstić information content (AvgIpc) is 3.32. The molecule has 0 aromatic heterocycles. The van der Waals surface area contributed by atoms with E-state index in [9.17, 15) is 28.8 Å². The standard InChI is InChI=1S/C54H92N2O10/c1-5-9-13-28-40-55(41-29-14-10-6-2)49(57)34-24-17-19-26-36-51(59)64-45-48(46-65-53(61)39-38-52(60)63-44-47-32-22-21-23-33-47)66-54(62)37-27-20-18-25-35-50(58)56(42-30-15-11-7-3)43-31-16-12-8-4/h21-23,32-33,48H,5-20,24-31,34-46H2,1-4H3/t48-/m1/s1. The van der Waals surface area contributed by atoms with E-state index in [2.05, 4.69) is 32.6 Å². The molecule has 0 unspecified atom stereocenters. The Morgan fingerprint density at radius 1 is 0.394 bits per heavy atom. The Kier molecular flexibility index (Phi) is 38.6. The lowest BCUT2D eigenvalue weighted by Gasteiger charge is -2.23. The van der Waals surface area contributed by atoms with Crippen LogP contribution in [-0.2, 0) is 54.3 Å². The van der Waals surface area contributed by atoms with E-state index in [4.69, 9.17) is 18.9 Å². The van der Waals surface area contributed by atoms with Crippen molar-refractivity contribution in [1.82, 2.24) is 9.80 Å². The van der Waals surface area contributed by atoms with Crippen LogP contribution in [0.3, 0.4) is 0 Å². The molecule has 0 saturated heterocycles. The van der Waals surface area contributed by atoms with Crippen LogP contribution in [0.4, 0.5) is 0 Å². The van der Waals surface area contributed by atoms with Crippen molar-refractivity contribution in [1.29, 1.82) is 0 Å². The van der Waals surface area contributed by atoms with Gasteiger partial charge in [-0.15, -0.1) is 0 Å². The molecular weight excluding hydrogens is 837 g/mol. The summed E-state index contributed by atoms with van der Waals surface area (Å²) in [7, 11) is 0. The second-order valence-corrected chi connectivity index (χ2v) is 18.0. The predicted octanol–water partition coefficient (Wildman–Crippen LogP) is 12.2. The fourth-order valence-corrected chi connectivity index (χ4v) is 7.65. The van der Waals surface area contributed by atoms with Gasteiger partial charge in [-0.1, -0.05) is 161 Å². The molecule has 0 bridgehead atoms. The summed E-state index contributed by atoms with van der Waals surface area (Å²) in [5, 5.41) is 0. The van der Waals surface area contributed by atoms with Gasteiger partial charge in [0.1, 0.15) is 19.8 Å². The molecule has 12 nitrogen and oxygen atoms in total. The van der Waals surface area contributed by atoms with Crippen LogP contribution in [0.25, 0.3) is 0 Å². The Bertz CT molecular complexity index is 1380. The Morgan fingerprint density at radius 2 is 0.742 bits per heavy atom. The molecule has 1 atom stereocenters. The summed E-state index contributed by atoms with van der Waals surface area (Å²) in [6.07, 6.45) is 24.1. The lowest BCUT2D eigenvalue weighted by molar-refractivity contribution is -0.167. The first kappa shape index (κ1) is 60.1. The maximum absolute atomic E-state index is 13.1. The highest BCUT2D eigenvalue weighted by Crippen LogP contribution is 2.15. The van der Waals surface area contributed by atoms with Crippen LogP contribution in [0, 0.1) is 0 Å². The number of rotatable bonds is 44. The third kappa shape index (κ3) is 34.4. The molecule has 0 aliphatic heterocycles. The highest BCUT2D eigenvalue weighted by Gasteiger charge is 2.21. The number of esters is 4. The molecule has 66 heavy (non-hydrogen) atoms. The van der Waals surface area contributed by atoms with Crippen molar-refractivity contribution >= 4 is 35.7 Å². The fourth-order valence-electron chi connectivity index (χ4n) is 7.65. The topological polar surface area (TPSA) is 146 Å². The van der Waals surface area contributed by atoms with Crippen molar-refractivity contribution in [2.24, 2.45) is 0 Å². The van der Waals surface area contributed by atoms with E-state index in [-0.39, 0.29) is 57.3 Å². The predicted molar refractivity (Wildman–Crippen MR) is 262 cm³/mol. The first-order chi connectivity index (χ1) is 32.1. The second-order valence-electron chi connectivity index (χ2n) is 18.0. The van der Waals surface area contributed by atoms with Gasteiger partial charge in [-0.2, -0.15) is 0 Å². The van der Waals surface area contributed by atoms with E-state index in [0.29, 0.717) is 25.7 Å². The molecule has 0 aliphatic rings. The van der Waals surface area contributed by atoms with Crippen LogP contribution in [0.2, 0.25) is 0 Å². The van der Waals surface area contributed by atoms with Crippen molar-refractivity contribution in [2.75, 3.05) is 39.4 Å². The fraction of sp³-hybridized carbons (Fsp3) is 0.778. The van der Waals surface area contributed by atoms with Crippen LogP contribution < -0.4 is 0 Å². The summed E-state index contributed by atoms with van der Waals surface area (Å²) in [6, 6.07) is 9.23. The van der Waals surface area contributed by atoms with Crippen LogP contribution in [0.15, 0.2) is 30.3 Å². The SMILES string of the molecule is CCCCCCN(CCCCCC)C(=O)CCCCCCC(=O)OC[C@H](COC(=O)CCC(=O)OCc1ccccc1)OC(=O)CCCCCCC(=O)N(CCCCCC)CCCCCC. The van der Waals surface area contributed by atoms with Gasteiger partial charge in [0.2, 0.25) is 11.8 Å². The van der Waals surface area contributed by atoms with Gasteiger partial charge < -0.3 is 28.7 Å². The van der Waals surface area contributed by atoms with Crippen molar-refractivity contribution < 1.29 is 47.7 Å². The maximum atomic E-state index is 13.1. The second kappa shape index (κ2) is 42.4. The van der Waals surface area contributed by atoms with E-state index in [1.54, 1.807) is 0 Å². The molecule has 378 valence electrons. The summed E-state index contributed by atoms with van der Waals surface area (Å²) in [5.74, 6) is -1.70. The summed E-state index contributed by atoms with van der Waals surface area (Å²) >= 11 is 0. The number of unbranched alkanes of at least 4 members (excludes halogenated alkanes) is 18. The van der Waals surface area contributed by atoms with Gasteiger partial charge in [0, 0.05) is 51.9 Å². The van der Waals surface area contributed by atoms with Crippen molar-refractivity contribution in [3.8, 4) is 0 Å². The molecule has 0 spiro atoms. The molecule has 0 fully saturated rings. The van der Waals surface area contributed by atoms with E-state index in [0.717, 1.165) is 122 Å². The first-order valence-corrected chi connectivity index (χ1v) is 26.4. The Balaban J connectivity index is 2.59. The zero-order valence-corrected chi connectivity index (χ0v) is 42.1. The molecule has 0 aliphatic carbocycles. The quantitative estimate of drug-likeness (QED) is 0.0352. The number of hydrogen-bond acceptors (Lipinski definition) is 10. The highest BCUT2D eigenvalue weighted by atomic mass is 16.6. The molecule has 0 N–H and O–H groups in total. The highest BCUT2D eigenvalue weighted by molar-refractivity contribution is 5.78. The van der Waals surface area contributed by atoms with Crippen LogP contribution >= 0.6 is 0 Å². The molecular formula is C54H92N2O10. The molecule has 12 heteroatoms. The number of nitrogens with zero attached hydrogens (tertiary/aromatic N) is 2.